The van der Waals surface area contributed by atoms with Gasteiger partial charge in [-0.05, 0) is 37.8 Å². The lowest BCUT2D eigenvalue weighted by Crippen LogP contribution is -2.56. The van der Waals surface area contributed by atoms with Crippen LogP contribution in [0.2, 0.25) is 0 Å². The zero-order valence-electron chi connectivity index (χ0n) is 14.2. The van der Waals surface area contributed by atoms with E-state index >= 15 is 0 Å². The van der Waals surface area contributed by atoms with Crippen molar-refractivity contribution >= 4 is 23.6 Å². The predicted molar refractivity (Wildman–Crippen MR) is 94.4 cm³/mol. The van der Waals surface area contributed by atoms with E-state index in [0.717, 1.165) is 17.7 Å². The first-order valence-corrected chi connectivity index (χ1v) is 9.18. The number of nitrogens with zero attached hydrogens (tertiary/aromatic N) is 1. The van der Waals surface area contributed by atoms with Crippen molar-refractivity contribution in [1.82, 2.24) is 10.2 Å². The van der Waals surface area contributed by atoms with E-state index in [9.17, 15) is 9.59 Å². The molecule has 1 unspecified atom stereocenters. The number of hydrogen-bond donors (Lipinski definition) is 1. The van der Waals surface area contributed by atoms with Crippen LogP contribution >= 0.6 is 11.8 Å². The summed E-state index contributed by atoms with van der Waals surface area (Å²) < 4.78 is 0. The van der Waals surface area contributed by atoms with Crippen LogP contribution in [-0.2, 0) is 9.59 Å². The van der Waals surface area contributed by atoms with Gasteiger partial charge in [-0.1, -0.05) is 32.0 Å². The third kappa shape index (κ3) is 4.50. The summed E-state index contributed by atoms with van der Waals surface area (Å²) in [6.07, 6.45) is 1.62. The Bertz CT molecular complexity index is 547. The highest BCUT2D eigenvalue weighted by Crippen LogP contribution is 2.30. The minimum absolute atomic E-state index is 0.0261. The summed E-state index contributed by atoms with van der Waals surface area (Å²) in [6.45, 7) is 7.34. The fraction of sp³-hybridized carbons (Fsp3) is 0.556. The molecule has 0 bridgehead atoms. The highest BCUT2D eigenvalue weighted by Gasteiger charge is 2.45. The molecule has 23 heavy (non-hydrogen) atoms. The number of hydrogen-bond acceptors (Lipinski definition) is 3. The second kappa shape index (κ2) is 7.86. The zero-order chi connectivity index (χ0) is 16.9. The van der Waals surface area contributed by atoms with E-state index in [4.69, 9.17) is 0 Å². The first-order chi connectivity index (χ1) is 10.9. The van der Waals surface area contributed by atoms with Gasteiger partial charge in [0.15, 0.2) is 0 Å². The third-order valence-electron chi connectivity index (χ3n) is 4.21. The van der Waals surface area contributed by atoms with Crippen molar-refractivity contribution < 1.29 is 9.59 Å². The summed E-state index contributed by atoms with van der Waals surface area (Å²) in [5, 5.41) is 2.98. The van der Waals surface area contributed by atoms with Gasteiger partial charge in [0, 0.05) is 18.0 Å². The van der Waals surface area contributed by atoms with Crippen LogP contribution in [0.1, 0.15) is 33.6 Å². The van der Waals surface area contributed by atoms with E-state index in [2.05, 4.69) is 19.2 Å². The molecule has 5 heteroatoms. The molecule has 4 nitrogen and oxygen atoms in total. The molecule has 0 aromatic heterocycles. The van der Waals surface area contributed by atoms with E-state index in [1.54, 1.807) is 4.90 Å². The lowest BCUT2D eigenvalue weighted by molar-refractivity contribution is -0.142. The summed E-state index contributed by atoms with van der Waals surface area (Å²) in [5.41, 5.74) is -0.705. The van der Waals surface area contributed by atoms with Gasteiger partial charge in [-0.15, -0.1) is 11.8 Å². The molecule has 0 radical (unpaired) electrons. The number of amides is 2. The Balaban J connectivity index is 1.96. The second-order valence-electron chi connectivity index (χ2n) is 6.63. The van der Waals surface area contributed by atoms with Crippen LogP contribution in [0.5, 0.6) is 0 Å². The number of benzene rings is 1. The van der Waals surface area contributed by atoms with E-state index in [0.29, 0.717) is 24.8 Å². The number of likely N-dealkylation sites (tertiary alicyclic amines) is 1. The van der Waals surface area contributed by atoms with Crippen molar-refractivity contribution in [3.05, 3.63) is 30.3 Å². The number of carbonyl (C=O) groups is 2. The molecule has 2 rings (SSSR count). The molecule has 1 aromatic rings. The van der Waals surface area contributed by atoms with Crippen LogP contribution in [0, 0.1) is 5.92 Å². The van der Waals surface area contributed by atoms with Gasteiger partial charge >= 0.3 is 0 Å². The van der Waals surface area contributed by atoms with Gasteiger partial charge < -0.3 is 10.2 Å². The highest BCUT2D eigenvalue weighted by atomic mass is 32.2. The Morgan fingerprint density at radius 1 is 1.30 bits per heavy atom. The molecular formula is C18H26N2O2S. The SMILES string of the molecule is CC(C)CNC(=O)C1(C)CCCN1C(=O)CSc1ccccc1. The molecular weight excluding hydrogens is 308 g/mol. The molecule has 1 heterocycles. The van der Waals surface area contributed by atoms with Crippen LogP contribution in [0.3, 0.4) is 0 Å². The topological polar surface area (TPSA) is 49.4 Å². The Labute approximate surface area is 143 Å². The summed E-state index contributed by atoms with van der Waals surface area (Å²) in [7, 11) is 0. The van der Waals surface area contributed by atoms with Crippen molar-refractivity contribution in [2.45, 2.75) is 44.0 Å². The van der Waals surface area contributed by atoms with E-state index in [-0.39, 0.29) is 11.8 Å². The molecule has 0 aliphatic carbocycles. The minimum Gasteiger partial charge on any atom is -0.354 e. The van der Waals surface area contributed by atoms with Gasteiger partial charge in [0.05, 0.1) is 5.75 Å². The maximum absolute atomic E-state index is 12.6. The molecule has 1 saturated heterocycles. The van der Waals surface area contributed by atoms with Crippen molar-refractivity contribution in [2.24, 2.45) is 5.92 Å². The first-order valence-electron chi connectivity index (χ1n) is 8.20. The van der Waals surface area contributed by atoms with Crippen LogP contribution < -0.4 is 5.32 Å². The number of thioether (sulfide) groups is 1. The van der Waals surface area contributed by atoms with Crippen LogP contribution in [0.25, 0.3) is 0 Å². The van der Waals surface area contributed by atoms with Crippen molar-refractivity contribution in [1.29, 1.82) is 0 Å². The highest BCUT2D eigenvalue weighted by molar-refractivity contribution is 8.00. The Kier molecular flexibility index (Phi) is 6.10. The largest absolute Gasteiger partial charge is 0.354 e. The summed E-state index contributed by atoms with van der Waals surface area (Å²) >= 11 is 1.52. The quantitative estimate of drug-likeness (QED) is 0.814. The maximum Gasteiger partial charge on any atom is 0.245 e. The van der Waals surface area contributed by atoms with Crippen LogP contribution in [-0.4, -0.2) is 41.1 Å². The minimum atomic E-state index is -0.705. The first kappa shape index (κ1) is 17.9. The summed E-state index contributed by atoms with van der Waals surface area (Å²) in [5.74, 6) is 0.791. The van der Waals surface area contributed by atoms with Gasteiger partial charge in [-0.2, -0.15) is 0 Å². The van der Waals surface area contributed by atoms with Crippen molar-refractivity contribution in [2.75, 3.05) is 18.8 Å². The summed E-state index contributed by atoms with van der Waals surface area (Å²) in [6, 6.07) is 9.88. The fourth-order valence-electron chi connectivity index (χ4n) is 2.83. The van der Waals surface area contributed by atoms with E-state index in [1.807, 2.05) is 37.3 Å². The van der Waals surface area contributed by atoms with Gasteiger partial charge in [0.2, 0.25) is 11.8 Å². The van der Waals surface area contributed by atoms with Gasteiger partial charge in [-0.3, -0.25) is 9.59 Å². The molecule has 1 aliphatic heterocycles. The smallest absolute Gasteiger partial charge is 0.245 e. The Hall–Kier alpha value is -1.49. The molecule has 0 saturated carbocycles. The molecule has 2 amide bonds. The van der Waals surface area contributed by atoms with Crippen molar-refractivity contribution in [3.63, 3.8) is 0 Å². The van der Waals surface area contributed by atoms with E-state index < -0.39 is 5.54 Å². The van der Waals surface area contributed by atoms with Crippen LogP contribution in [0.4, 0.5) is 0 Å². The van der Waals surface area contributed by atoms with Gasteiger partial charge in [-0.25, -0.2) is 0 Å². The molecule has 1 aromatic carbocycles. The third-order valence-corrected chi connectivity index (χ3v) is 5.20. The number of carbonyl (C=O) groups excluding carboxylic acids is 2. The normalized spacial score (nSPS) is 20.8. The monoisotopic (exact) mass is 334 g/mol. The van der Waals surface area contributed by atoms with Gasteiger partial charge in [0.1, 0.15) is 5.54 Å². The lowest BCUT2D eigenvalue weighted by Gasteiger charge is -2.34. The lowest BCUT2D eigenvalue weighted by atomic mass is 9.97. The van der Waals surface area contributed by atoms with Gasteiger partial charge in [0.25, 0.3) is 0 Å². The van der Waals surface area contributed by atoms with Crippen LogP contribution in [0.15, 0.2) is 35.2 Å². The fourth-order valence-corrected chi connectivity index (χ4v) is 3.62. The zero-order valence-corrected chi connectivity index (χ0v) is 15.0. The molecule has 1 atom stereocenters. The Morgan fingerprint density at radius 3 is 2.65 bits per heavy atom. The maximum atomic E-state index is 12.6. The van der Waals surface area contributed by atoms with E-state index in [1.165, 1.54) is 11.8 Å². The van der Waals surface area contributed by atoms with Crippen molar-refractivity contribution in [3.8, 4) is 0 Å². The molecule has 1 fully saturated rings. The molecule has 126 valence electrons. The predicted octanol–water partition coefficient (Wildman–Crippen LogP) is 2.93. The number of rotatable bonds is 6. The Morgan fingerprint density at radius 2 is 2.00 bits per heavy atom. The average molecular weight is 334 g/mol. The second-order valence-corrected chi connectivity index (χ2v) is 7.68. The molecule has 1 aliphatic rings. The summed E-state index contributed by atoms with van der Waals surface area (Å²) in [4.78, 5) is 28.0. The number of nitrogens with one attached hydrogen (secondary N) is 1. The molecule has 1 N–H and O–H groups in total. The average Bonchev–Trinajstić information content (AvgIpc) is 2.94. The molecule has 0 spiro atoms. The standard InChI is InChI=1S/C18H26N2O2S/c1-14(2)12-19-17(22)18(3)10-7-11-20(18)16(21)13-23-15-8-5-4-6-9-15/h4-6,8-9,14H,7,10-13H2,1-3H3,(H,19,22).